The molecule has 2 aromatic rings. The van der Waals surface area contributed by atoms with Gasteiger partial charge in [-0.05, 0) is 30.0 Å². The average molecular weight is 444 g/mol. The van der Waals surface area contributed by atoms with Crippen LogP contribution >= 0.6 is 0 Å². The maximum atomic E-state index is 13.1. The number of anilines is 1. The number of hydrogen-bond acceptors (Lipinski definition) is 3. The fourth-order valence-electron chi connectivity index (χ4n) is 3.69. The van der Waals surface area contributed by atoms with Gasteiger partial charge in [-0.3, -0.25) is 9.69 Å². The third kappa shape index (κ3) is 6.81. The summed E-state index contributed by atoms with van der Waals surface area (Å²) < 4.78 is 0. The predicted molar refractivity (Wildman–Crippen MR) is 110 cm³/mol. The van der Waals surface area contributed by atoms with Gasteiger partial charge in [-0.1, -0.05) is 48.5 Å². The van der Waals surface area contributed by atoms with Crippen LogP contribution in [0.2, 0.25) is 0 Å². The summed E-state index contributed by atoms with van der Waals surface area (Å²) >= 11 is 0. The zero-order chi connectivity index (χ0) is 21.0. The summed E-state index contributed by atoms with van der Waals surface area (Å²) in [6, 6.07) is 15.2. The van der Waals surface area contributed by atoms with Crippen LogP contribution in [0, 0.1) is 5.92 Å². The van der Waals surface area contributed by atoms with Crippen LogP contribution in [0.25, 0.3) is 0 Å². The van der Waals surface area contributed by atoms with Gasteiger partial charge in [0.1, 0.15) is 6.04 Å². The first kappa shape index (κ1) is 27.7. The van der Waals surface area contributed by atoms with Crippen LogP contribution in [0.1, 0.15) is 20.4 Å². The Hall–Kier alpha value is -1.35. The zero-order valence-corrected chi connectivity index (χ0v) is 22.2. The van der Waals surface area contributed by atoms with Crippen LogP contribution in [0.4, 0.5) is 10.5 Å². The number of fused-ring (bicyclic) bond motifs is 1. The molecule has 1 heterocycles. The largest absolute Gasteiger partial charge is 1.00 e. The van der Waals surface area contributed by atoms with Crippen LogP contribution in [-0.4, -0.2) is 52.7 Å². The van der Waals surface area contributed by atoms with Gasteiger partial charge < -0.3 is 18.0 Å². The van der Waals surface area contributed by atoms with Gasteiger partial charge in [-0.25, -0.2) is 9.59 Å². The number of aryl methyl sites for hydroxylation is 1. The molecule has 1 aliphatic rings. The van der Waals surface area contributed by atoms with Crippen LogP contribution in [0.3, 0.4) is 0 Å². The van der Waals surface area contributed by atoms with Gasteiger partial charge in [0.2, 0.25) is 0 Å². The van der Waals surface area contributed by atoms with Crippen molar-refractivity contribution in [2.24, 2.45) is 5.92 Å². The minimum absolute atomic E-state index is 0. The number of carbonyl (C=O) groups is 3. The molecule has 0 bridgehead atoms. The normalized spacial score (nSPS) is 15.1. The Morgan fingerprint density at radius 3 is 2.29 bits per heavy atom. The number of carbonyl (C=O) groups excluding carboxylic acids is 1. The number of hydrogen-bond donors (Lipinski definition) is 2. The van der Waals surface area contributed by atoms with Crippen molar-refractivity contribution < 1.29 is 86.6 Å². The minimum atomic E-state index is -1.08. The van der Waals surface area contributed by atoms with E-state index in [1.807, 2.05) is 30.3 Å². The molecule has 2 aromatic carbocycles. The summed E-state index contributed by atoms with van der Waals surface area (Å²) in [5, 5.41) is 19.2. The second kappa shape index (κ2) is 12.6. The molecule has 0 aliphatic carbocycles. The van der Waals surface area contributed by atoms with Gasteiger partial charge in [0.05, 0.1) is 5.92 Å². The molecular formula is C22H26N2Na2O5. The van der Waals surface area contributed by atoms with E-state index in [4.69, 9.17) is 0 Å². The molecule has 2 N–H and O–H groups in total. The third-order valence-electron chi connectivity index (χ3n) is 5.26. The van der Waals surface area contributed by atoms with Crippen LogP contribution in [-0.2, 0) is 22.4 Å². The summed E-state index contributed by atoms with van der Waals surface area (Å²) in [5.41, 5.74) is 2.39. The van der Waals surface area contributed by atoms with Crippen molar-refractivity contribution in [3.05, 3.63) is 65.7 Å². The minimum Gasteiger partial charge on any atom is -1.00 e. The molecule has 31 heavy (non-hydrogen) atoms. The first-order valence-corrected chi connectivity index (χ1v) is 9.50. The van der Waals surface area contributed by atoms with E-state index >= 15 is 0 Å². The molecule has 1 aliphatic heterocycles. The summed E-state index contributed by atoms with van der Waals surface area (Å²) in [6.07, 6.45) is 1.21. The molecule has 3 rings (SSSR count). The Morgan fingerprint density at radius 1 is 1.06 bits per heavy atom. The zero-order valence-electron chi connectivity index (χ0n) is 20.2. The van der Waals surface area contributed by atoms with Gasteiger partial charge in [0, 0.05) is 25.7 Å². The number of carboxylic acid groups (broad SMARTS) is 2. The van der Waals surface area contributed by atoms with E-state index in [1.165, 1.54) is 16.8 Å². The Balaban J connectivity index is 0. The monoisotopic (exact) mass is 444 g/mol. The Labute approximate surface area is 229 Å². The Kier molecular flexibility index (Phi) is 11.3. The maximum Gasteiger partial charge on any atom is 1.00 e. The van der Waals surface area contributed by atoms with Gasteiger partial charge in [0.25, 0.3) is 0 Å². The van der Waals surface area contributed by atoms with Gasteiger partial charge >= 0.3 is 77.1 Å². The molecule has 7 nitrogen and oxygen atoms in total. The summed E-state index contributed by atoms with van der Waals surface area (Å²) in [6.45, 7) is 0.00596. The smallest absolute Gasteiger partial charge is 1.00 e. The first-order valence-electron chi connectivity index (χ1n) is 9.50. The standard InChI is InChI=1S/C22H24N2O5.2Na.2H/c1-23(14-17(20(25)26)12-11-15-7-3-2-4-8-15)22(29)24-18-10-6-5-9-16(18)13-19(24)21(27)28;;;;/h2-10,17,19H,11-14H2,1H3,(H,25,26)(H,27,28);;;;/q;2*+1;2*-1. The van der Waals surface area contributed by atoms with Crippen molar-refractivity contribution >= 4 is 23.7 Å². The fraction of sp³-hybridized carbons (Fsp3) is 0.318. The van der Waals surface area contributed by atoms with Crippen molar-refractivity contribution in [3.8, 4) is 0 Å². The van der Waals surface area contributed by atoms with E-state index in [0.29, 0.717) is 18.5 Å². The van der Waals surface area contributed by atoms with Crippen molar-refractivity contribution in [1.82, 2.24) is 4.90 Å². The second-order valence-electron chi connectivity index (χ2n) is 7.28. The molecule has 2 atom stereocenters. The third-order valence-corrected chi connectivity index (χ3v) is 5.26. The molecule has 0 radical (unpaired) electrons. The number of rotatable bonds is 7. The molecule has 0 fully saturated rings. The molecule has 2 unspecified atom stereocenters. The quantitative estimate of drug-likeness (QED) is 0.448. The van der Waals surface area contributed by atoms with E-state index in [2.05, 4.69) is 0 Å². The Morgan fingerprint density at radius 2 is 1.68 bits per heavy atom. The molecule has 156 valence electrons. The van der Waals surface area contributed by atoms with Crippen molar-refractivity contribution in [2.75, 3.05) is 18.5 Å². The number of aliphatic carboxylic acids is 2. The Bertz CT molecular complexity index is 921. The van der Waals surface area contributed by atoms with E-state index in [1.54, 1.807) is 24.3 Å². The summed E-state index contributed by atoms with van der Waals surface area (Å²) in [4.78, 5) is 39.0. The molecule has 0 spiro atoms. The number of amides is 2. The predicted octanol–water partition coefficient (Wildman–Crippen LogP) is -2.88. The molecule has 2 amide bonds. The second-order valence-corrected chi connectivity index (χ2v) is 7.28. The van der Waals surface area contributed by atoms with E-state index in [0.717, 1.165) is 11.1 Å². The number of urea groups is 1. The van der Waals surface area contributed by atoms with E-state index in [-0.39, 0.29) is 74.9 Å². The van der Waals surface area contributed by atoms with Crippen molar-refractivity contribution in [1.29, 1.82) is 0 Å². The SMILES string of the molecule is CN(CC(CCc1ccccc1)C(=O)O)C(=O)N1c2ccccc2CC1C(=O)O.[H-].[H-].[Na+].[Na+]. The van der Waals surface area contributed by atoms with Crippen LogP contribution < -0.4 is 64.0 Å². The number of carboxylic acids is 2. The summed E-state index contributed by atoms with van der Waals surface area (Å²) in [5.74, 6) is -2.80. The van der Waals surface area contributed by atoms with Gasteiger partial charge in [0.15, 0.2) is 0 Å². The van der Waals surface area contributed by atoms with Gasteiger partial charge in [-0.15, -0.1) is 0 Å². The van der Waals surface area contributed by atoms with Crippen molar-refractivity contribution in [2.45, 2.75) is 25.3 Å². The molecule has 0 saturated carbocycles. The molecule has 9 heteroatoms. The van der Waals surface area contributed by atoms with E-state index in [9.17, 15) is 24.6 Å². The summed E-state index contributed by atoms with van der Waals surface area (Å²) in [7, 11) is 1.51. The van der Waals surface area contributed by atoms with E-state index < -0.39 is 29.9 Å². The molecular weight excluding hydrogens is 418 g/mol. The number of para-hydroxylation sites is 1. The maximum absolute atomic E-state index is 13.1. The van der Waals surface area contributed by atoms with Crippen molar-refractivity contribution in [3.63, 3.8) is 0 Å². The number of benzene rings is 2. The van der Waals surface area contributed by atoms with Crippen LogP contribution in [0.15, 0.2) is 54.6 Å². The number of nitrogens with zero attached hydrogens (tertiary/aromatic N) is 2. The fourth-order valence-corrected chi connectivity index (χ4v) is 3.69. The topological polar surface area (TPSA) is 98.2 Å². The first-order chi connectivity index (χ1) is 13.9. The molecule has 0 aromatic heterocycles. The van der Waals surface area contributed by atoms with Crippen LogP contribution in [0.5, 0.6) is 0 Å². The average Bonchev–Trinajstić information content (AvgIpc) is 3.10. The van der Waals surface area contributed by atoms with Gasteiger partial charge in [-0.2, -0.15) is 0 Å². The molecule has 0 saturated heterocycles.